The quantitative estimate of drug-likeness (QED) is 0.574. The molecule has 0 radical (unpaired) electrons. The molecule has 6 nitrogen and oxygen atoms in total. The van der Waals surface area contributed by atoms with Gasteiger partial charge >= 0.3 is 6.03 Å². The highest BCUT2D eigenvalue weighted by atomic mass is 16.2. The summed E-state index contributed by atoms with van der Waals surface area (Å²) in [6.45, 7) is 7.28. The smallest absolute Gasteiger partial charge is 0.325 e. The SMILES string of the molecule is CC1CC(C)(C)CC2(C1)NC(=O)N(CC(=O)N(CCc1ccccc1)CCc1ccccc1)C2=O. The molecule has 1 heterocycles. The third kappa shape index (κ3) is 5.92. The highest BCUT2D eigenvalue weighted by Crippen LogP contribution is 2.46. The maximum atomic E-state index is 13.5. The number of hydrogen-bond donors (Lipinski definition) is 1. The maximum Gasteiger partial charge on any atom is 0.325 e. The fraction of sp³-hybridized carbons (Fsp3) is 0.483. The van der Waals surface area contributed by atoms with E-state index in [-0.39, 0.29) is 23.8 Å². The average molecular weight is 476 g/mol. The molecule has 35 heavy (non-hydrogen) atoms. The average Bonchev–Trinajstić information content (AvgIpc) is 3.02. The summed E-state index contributed by atoms with van der Waals surface area (Å²) in [7, 11) is 0. The summed E-state index contributed by atoms with van der Waals surface area (Å²) in [5.41, 5.74) is 1.37. The molecule has 4 rings (SSSR count). The van der Waals surface area contributed by atoms with E-state index >= 15 is 0 Å². The lowest BCUT2D eigenvalue weighted by molar-refractivity contribution is -0.140. The van der Waals surface area contributed by atoms with Gasteiger partial charge in [-0.2, -0.15) is 0 Å². The fourth-order valence-corrected chi connectivity index (χ4v) is 6.06. The third-order valence-electron chi connectivity index (χ3n) is 7.30. The molecule has 1 N–H and O–H groups in total. The maximum absolute atomic E-state index is 13.5. The molecule has 1 saturated heterocycles. The number of nitrogens with zero attached hydrogens (tertiary/aromatic N) is 2. The van der Waals surface area contributed by atoms with Crippen molar-refractivity contribution < 1.29 is 14.4 Å². The first-order chi connectivity index (χ1) is 16.7. The van der Waals surface area contributed by atoms with Crippen molar-refractivity contribution in [3.63, 3.8) is 0 Å². The molecule has 2 fully saturated rings. The van der Waals surface area contributed by atoms with Crippen LogP contribution in [0.3, 0.4) is 0 Å². The third-order valence-corrected chi connectivity index (χ3v) is 7.30. The van der Waals surface area contributed by atoms with Crippen LogP contribution in [0.15, 0.2) is 60.7 Å². The molecule has 0 bridgehead atoms. The Bertz CT molecular complexity index is 1010. The molecule has 2 unspecified atom stereocenters. The molecule has 1 aliphatic heterocycles. The van der Waals surface area contributed by atoms with Crippen molar-refractivity contribution in [3.8, 4) is 0 Å². The summed E-state index contributed by atoms with van der Waals surface area (Å²) in [6.07, 6.45) is 3.68. The summed E-state index contributed by atoms with van der Waals surface area (Å²) in [5.74, 6) is -0.117. The van der Waals surface area contributed by atoms with E-state index in [4.69, 9.17) is 0 Å². The van der Waals surface area contributed by atoms with E-state index in [1.165, 1.54) is 0 Å². The van der Waals surface area contributed by atoms with Crippen molar-refractivity contribution in [1.29, 1.82) is 0 Å². The highest BCUT2D eigenvalue weighted by molar-refractivity contribution is 6.09. The van der Waals surface area contributed by atoms with Gasteiger partial charge in [-0.25, -0.2) is 4.79 Å². The van der Waals surface area contributed by atoms with Crippen molar-refractivity contribution in [2.45, 2.75) is 58.4 Å². The Hall–Kier alpha value is -3.15. The number of hydrogen-bond acceptors (Lipinski definition) is 3. The molecule has 1 saturated carbocycles. The second-order valence-corrected chi connectivity index (χ2v) is 11.1. The first-order valence-electron chi connectivity index (χ1n) is 12.7. The van der Waals surface area contributed by atoms with E-state index in [2.05, 4.69) is 26.1 Å². The summed E-state index contributed by atoms with van der Waals surface area (Å²) in [4.78, 5) is 42.8. The van der Waals surface area contributed by atoms with Gasteiger partial charge in [-0.3, -0.25) is 14.5 Å². The first-order valence-corrected chi connectivity index (χ1v) is 12.7. The van der Waals surface area contributed by atoms with Crippen LogP contribution >= 0.6 is 0 Å². The van der Waals surface area contributed by atoms with Crippen molar-refractivity contribution in [2.24, 2.45) is 11.3 Å². The number of imide groups is 1. The van der Waals surface area contributed by atoms with Crippen LogP contribution in [-0.4, -0.2) is 52.8 Å². The van der Waals surface area contributed by atoms with Gasteiger partial charge in [0.1, 0.15) is 12.1 Å². The molecular weight excluding hydrogens is 438 g/mol. The molecule has 186 valence electrons. The van der Waals surface area contributed by atoms with E-state index in [1.807, 2.05) is 60.7 Å². The predicted octanol–water partition coefficient (Wildman–Crippen LogP) is 4.44. The van der Waals surface area contributed by atoms with E-state index in [1.54, 1.807) is 4.90 Å². The number of rotatable bonds is 8. The van der Waals surface area contributed by atoms with E-state index < -0.39 is 11.6 Å². The van der Waals surface area contributed by atoms with Crippen LogP contribution < -0.4 is 5.32 Å². The summed E-state index contributed by atoms with van der Waals surface area (Å²) in [6, 6.07) is 19.7. The fourth-order valence-electron chi connectivity index (χ4n) is 6.06. The minimum absolute atomic E-state index is 0.0436. The molecule has 1 spiro atoms. The van der Waals surface area contributed by atoms with Crippen molar-refractivity contribution >= 4 is 17.8 Å². The van der Waals surface area contributed by atoms with Gasteiger partial charge in [-0.05, 0) is 54.6 Å². The van der Waals surface area contributed by atoms with Crippen molar-refractivity contribution in [1.82, 2.24) is 15.1 Å². The highest BCUT2D eigenvalue weighted by Gasteiger charge is 2.56. The molecule has 0 aromatic heterocycles. The first kappa shape index (κ1) is 25.0. The second-order valence-electron chi connectivity index (χ2n) is 11.1. The number of urea groups is 1. The van der Waals surface area contributed by atoms with Gasteiger partial charge in [0.2, 0.25) is 5.91 Å². The minimum Gasteiger partial charge on any atom is -0.340 e. The van der Waals surface area contributed by atoms with Crippen molar-refractivity contribution in [2.75, 3.05) is 19.6 Å². The van der Waals surface area contributed by atoms with E-state index in [9.17, 15) is 14.4 Å². The van der Waals surface area contributed by atoms with Gasteiger partial charge in [-0.15, -0.1) is 0 Å². The number of carbonyl (C=O) groups is 3. The predicted molar refractivity (Wildman–Crippen MR) is 137 cm³/mol. The Morgan fingerprint density at radius 1 is 0.943 bits per heavy atom. The largest absolute Gasteiger partial charge is 0.340 e. The number of benzene rings is 2. The molecule has 2 aromatic carbocycles. The molecule has 6 heteroatoms. The lowest BCUT2D eigenvalue weighted by atomic mass is 9.64. The Morgan fingerprint density at radius 2 is 1.49 bits per heavy atom. The Labute approximate surface area is 208 Å². The van der Waals surface area contributed by atoms with Gasteiger partial charge < -0.3 is 10.2 Å². The Morgan fingerprint density at radius 3 is 2.00 bits per heavy atom. The van der Waals surface area contributed by atoms with E-state index in [0.29, 0.717) is 31.8 Å². The molecule has 2 atom stereocenters. The number of nitrogens with one attached hydrogen (secondary N) is 1. The monoisotopic (exact) mass is 475 g/mol. The van der Waals surface area contributed by atoms with E-state index in [0.717, 1.165) is 35.3 Å². The van der Waals surface area contributed by atoms with Gasteiger partial charge in [0, 0.05) is 13.1 Å². The normalized spacial score (nSPS) is 23.4. The summed E-state index contributed by atoms with van der Waals surface area (Å²) in [5, 5.41) is 2.98. The van der Waals surface area contributed by atoms with Crippen LogP contribution in [-0.2, 0) is 22.4 Å². The molecule has 2 aliphatic rings. The molecule has 1 aliphatic carbocycles. The Balaban J connectivity index is 1.46. The van der Waals surface area contributed by atoms with Crippen LogP contribution in [0.25, 0.3) is 0 Å². The van der Waals surface area contributed by atoms with Crippen LogP contribution in [0, 0.1) is 11.3 Å². The minimum atomic E-state index is -0.891. The topological polar surface area (TPSA) is 69.7 Å². The zero-order chi connectivity index (χ0) is 25.1. The van der Waals surface area contributed by atoms with Crippen molar-refractivity contribution in [3.05, 3.63) is 71.8 Å². The second kappa shape index (κ2) is 10.2. The summed E-state index contributed by atoms with van der Waals surface area (Å²) >= 11 is 0. The van der Waals surface area contributed by atoms with Gasteiger partial charge in [0.25, 0.3) is 5.91 Å². The van der Waals surface area contributed by atoms with Crippen LogP contribution in [0.2, 0.25) is 0 Å². The lowest BCUT2D eigenvalue weighted by Gasteiger charge is -2.43. The number of amides is 4. The van der Waals surface area contributed by atoms with Crippen LogP contribution in [0.5, 0.6) is 0 Å². The zero-order valence-corrected chi connectivity index (χ0v) is 21.1. The molecule has 4 amide bonds. The summed E-state index contributed by atoms with van der Waals surface area (Å²) < 4.78 is 0. The lowest BCUT2D eigenvalue weighted by Crippen LogP contribution is -2.54. The van der Waals surface area contributed by atoms with Crippen LogP contribution in [0.1, 0.15) is 51.2 Å². The van der Waals surface area contributed by atoms with Gasteiger partial charge in [-0.1, -0.05) is 81.4 Å². The Kier molecular flexibility index (Phi) is 7.29. The molecular formula is C29H37N3O3. The van der Waals surface area contributed by atoms with Gasteiger partial charge in [0.15, 0.2) is 0 Å². The molecule has 2 aromatic rings. The number of carbonyl (C=O) groups excluding carboxylic acids is 3. The van der Waals surface area contributed by atoms with Gasteiger partial charge in [0.05, 0.1) is 0 Å². The zero-order valence-electron chi connectivity index (χ0n) is 21.1. The van der Waals surface area contributed by atoms with Crippen LogP contribution in [0.4, 0.5) is 4.79 Å². The standard InChI is InChI=1S/C29H37N3O3/c1-22-18-28(2,3)21-29(19-22)26(34)32(27(35)30-29)20-25(33)31(16-14-23-10-6-4-7-11-23)17-15-24-12-8-5-9-13-24/h4-13,22H,14-21H2,1-3H3,(H,30,35).